The molecule has 1 aromatic heterocycles. The third-order valence-electron chi connectivity index (χ3n) is 4.35. The van der Waals surface area contributed by atoms with Gasteiger partial charge in [-0.05, 0) is 12.1 Å². The lowest BCUT2D eigenvalue weighted by Crippen LogP contribution is -2.48. The smallest absolute Gasteiger partial charge is 0.416 e. The molecule has 0 spiro atoms. The monoisotopic (exact) mass is 401 g/mol. The summed E-state index contributed by atoms with van der Waals surface area (Å²) >= 11 is 0. The molecule has 0 radical (unpaired) electrons. The Bertz CT molecular complexity index is 994. The number of nitrogens with zero attached hydrogens (tertiary/aromatic N) is 5. The number of halogens is 3. The summed E-state index contributed by atoms with van der Waals surface area (Å²) in [6, 6.07) is 6.62. The summed E-state index contributed by atoms with van der Waals surface area (Å²) < 4.78 is 70.4. The van der Waals surface area contributed by atoms with Crippen LogP contribution in [0.2, 0.25) is 0 Å². The number of hydrogen-bond donors (Lipinski definition) is 0. The fourth-order valence-electron chi connectivity index (χ4n) is 3.06. The van der Waals surface area contributed by atoms with Crippen molar-refractivity contribution < 1.29 is 26.0 Å². The third kappa shape index (κ3) is 3.41. The summed E-state index contributed by atoms with van der Waals surface area (Å²) in [6.07, 6.45) is -4.66. The van der Waals surface area contributed by atoms with Crippen LogP contribution < -0.4 is 0 Å². The largest absolute Gasteiger partial charge is 0.470 e. The highest BCUT2D eigenvalue weighted by Gasteiger charge is 2.38. The van der Waals surface area contributed by atoms with Crippen molar-refractivity contribution in [2.75, 3.05) is 26.2 Å². The fourth-order valence-corrected chi connectivity index (χ4v) is 4.29. The quantitative estimate of drug-likeness (QED) is 0.750. The van der Waals surface area contributed by atoms with Crippen molar-refractivity contribution >= 4 is 15.9 Å². The average molecular weight is 401 g/mol. The van der Waals surface area contributed by atoms with Gasteiger partial charge >= 0.3 is 12.1 Å². The van der Waals surface area contributed by atoms with E-state index in [1.165, 1.54) is 6.07 Å². The van der Waals surface area contributed by atoms with Gasteiger partial charge in [0.2, 0.25) is 5.89 Å². The zero-order valence-corrected chi connectivity index (χ0v) is 14.7. The second kappa shape index (κ2) is 6.30. The van der Waals surface area contributed by atoms with Gasteiger partial charge in [-0.15, -0.1) is 14.6 Å². The van der Waals surface area contributed by atoms with Crippen LogP contribution in [0.15, 0.2) is 38.0 Å². The van der Waals surface area contributed by atoms with Crippen LogP contribution in [-0.4, -0.2) is 60.4 Å². The molecule has 2 aliphatic heterocycles. The Hall–Kier alpha value is -2.47. The van der Waals surface area contributed by atoms with E-state index in [9.17, 15) is 21.6 Å². The van der Waals surface area contributed by atoms with Crippen LogP contribution in [-0.2, 0) is 22.7 Å². The molecule has 0 amide bonds. The molecule has 3 heterocycles. The molecule has 0 saturated carbocycles. The molecule has 0 bridgehead atoms. The molecule has 8 nitrogen and oxygen atoms in total. The zero-order valence-electron chi connectivity index (χ0n) is 13.8. The summed E-state index contributed by atoms with van der Waals surface area (Å²) in [5.74, 6) is -1.07. The van der Waals surface area contributed by atoms with Crippen LogP contribution in [0.1, 0.15) is 17.3 Å². The highest BCUT2D eigenvalue weighted by atomic mass is 32.2. The predicted octanol–water partition coefficient (Wildman–Crippen LogP) is 1.36. The second-order valence-electron chi connectivity index (χ2n) is 6.15. The maximum absolute atomic E-state index is 12.5. The van der Waals surface area contributed by atoms with Crippen LogP contribution in [0.4, 0.5) is 13.2 Å². The van der Waals surface area contributed by atoms with Crippen LogP contribution in [0.25, 0.3) is 0 Å². The van der Waals surface area contributed by atoms with Gasteiger partial charge in [-0.3, -0.25) is 4.90 Å². The number of amidine groups is 1. The minimum atomic E-state index is -4.66. The van der Waals surface area contributed by atoms with Gasteiger partial charge in [0, 0.05) is 31.7 Å². The van der Waals surface area contributed by atoms with Crippen molar-refractivity contribution in [3.63, 3.8) is 0 Å². The number of alkyl halides is 3. The van der Waals surface area contributed by atoms with Crippen LogP contribution in [0, 0.1) is 0 Å². The molecule has 144 valence electrons. The second-order valence-corrected chi connectivity index (χ2v) is 7.72. The predicted molar refractivity (Wildman–Crippen MR) is 86.3 cm³/mol. The van der Waals surface area contributed by atoms with E-state index in [1.807, 2.05) is 9.80 Å². The molecule has 1 saturated heterocycles. The Morgan fingerprint density at radius 1 is 1.07 bits per heavy atom. The summed E-state index contributed by atoms with van der Waals surface area (Å²) in [7, 11) is -3.68. The van der Waals surface area contributed by atoms with Gasteiger partial charge in [0.05, 0.1) is 6.54 Å². The summed E-state index contributed by atoms with van der Waals surface area (Å²) in [4.78, 5) is 3.91. The summed E-state index contributed by atoms with van der Waals surface area (Å²) in [6.45, 7) is 2.03. The van der Waals surface area contributed by atoms with E-state index in [-0.39, 0.29) is 17.3 Å². The number of benzene rings is 1. The van der Waals surface area contributed by atoms with Crippen molar-refractivity contribution in [2.45, 2.75) is 17.6 Å². The molecule has 0 aliphatic carbocycles. The van der Waals surface area contributed by atoms with Crippen LogP contribution in [0.5, 0.6) is 0 Å². The maximum atomic E-state index is 12.5. The van der Waals surface area contributed by atoms with Crippen molar-refractivity contribution in [1.29, 1.82) is 0 Å². The molecular weight excluding hydrogens is 387 g/mol. The topological polar surface area (TPSA) is 91.9 Å². The van der Waals surface area contributed by atoms with Gasteiger partial charge in [0.15, 0.2) is 5.84 Å². The molecular formula is C15H14F3N5O3S. The number of piperazine rings is 1. The van der Waals surface area contributed by atoms with E-state index in [0.717, 1.165) is 0 Å². The first kappa shape index (κ1) is 17.9. The van der Waals surface area contributed by atoms with Crippen LogP contribution in [0.3, 0.4) is 0 Å². The summed E-state index contributed by atoms with van der Waals surface area (Å²) in [5, 5.41) is 6.43. The minimum absolute atomic E-state index is 0.0955. The lowest BCUT2D eigenvalue weighted by atomic mass is 10.1. The molecule has 2 aliphatic rings. The third-order valence-corrected chi connectivity index (χ3v) is 5.68. The Balaban J connectivity index is 1.42. The molecule has 12 heteroatoms. The highest BCUT2D eigenvalue weighted by molar-refractivity contribution is 7.90. The zero-order chi connectivity index (χ0) is 19.2. The van der Waals surface area contributed by atoms with Gasteiger partial charge < -0.3 is 9.32 Å². The van der Waals surface area contributed by atoms with Gasteiger partial charge in [-0.1, -0.05) is 12.1 Å². The molecule has 0 atom stereocenters. The van der Waals surface area contributed by atoms with E-state index in [0.29, 0.717) is 37.6 Å². The Kier molecular flexibility index (Phi) is 4.18. The van der Waals surface area contributed by atoms with Gasteiger partial charge in [-0.25, -0.2) is 0 Å². The van der Waals surface area contributed by atoms with Gasteiger partial charge in [0.1, 0.15) is 4.90 Å². The van der Waals surface area contributed by atoms with Crippen molar-refractivity contribution in [2.24, 2.45) is 4.40 Å². The first-order valence-electron chi connectivity index (χ1n) is 8.05. The Morgan fingerprint density at radius 3 is 2.44 bits per heavy atom. The van der Waals surface area contributed by atoms with Crippen molar-refractivity contribution in [1.82, 2.24) is 20.0 Å². The molecule has 1 fully saturated rings. The van der Waals surface area contributed by atoms with E-state index in [1.54, 1.807) is 18.2 Å². The molecule has 2 aromatic rings. The normalized spacial score (nSPS) is 19.8. The number of hydrogen-bond acceptors (Lipinski definition) is 7. The molecule has 1 aromatic carbocycles. The van der Waals surface area contributed by atoms with Gasteiger partial charge in [0.25, 0.3) is 10.0 Å². The first-order chi connectivity index (χ1) is 12.7. The lowest BCUT2D eigenvalue weighted by Gasteiger charge is -2.35. The number of aromatic nitrogens is 2. The number of fused-ring (bicyclic) bond motifs is 1. The number of rotatable bonds is 2. The van der Waals surface area contributed by atoms with E-state index < -0.39 is 22.1 Å². The van der Waals surface area contributed by atoms with E-state index in [2.05, 4.69) is 19.0 Å². The van der Waals surface area contributed by atoms with Crippen molar-refractivity contribution in [3.8, 4) is 0 Å². The van der Waals surface area contributed by atoms with E-state index in [4.69, 9.17) is 0 Å². The Labute approximate surface area is 152 Å². The standard InChI is InChI=1S/C15H14F3N5O3S/c16-15(17,18)14-20-19-12(26-14)9-22-5-7-23(8-6-22)13-10-3-1-2-4-11(10)27(24,25)21-13/h1-4H,5-9H2. The molecule has 4 rings (SSSR count). The highest BCUT2D eigenvalue weighted by Crippen LogP contribution is 2.29. The maximum Gasteiger partial charge on any atom is 0.470 e. The fraction of sp³-hybridized carbons (Fsp3) is 0.400. The van der Waals surface area contributed by atoms with Gasteiger partial charge in [-0.2, -0.15) is 21.6 Å². The molecule has 0 N–H and O–H groups in total. The Morgan fingerprint density at radius 2 is 1.78 bits per heavy atom. The lowest BCUT2D eigenvalue weighted by molar-refractivity contribution is -0.157. The van der Waals surface area contributed by atoms with Crippen LogP contribution >= 0.6 is 0 Å². The van der Waals surface area contributed by atoms with Crippen molar-refractivity contribution in [3.05, 3.63) is 41.6 Å². The minimum Gasteiger partial charge on any atom is -0.416 e. The van der Waals surface area contributed by atoms with E-state index >= 15 is 0 Å². The first-order valence-corrected chi connectivity index (χ1v) is 9.49. The SMILES string of the molecule is O=S1(=O)N=C(N2CCN(Cc3nnc(C(F)(F)F)o3)CC2)c2ccccc21. The molecule has 0 unspecified atom stereocenters. The average Bonchev–Trinajstić information content (AvgIpc) is 3.19. The number of sulfonamides is 1. The summed E-state index contributed by atoms with van der Waals surface area (Å²) in [5.41, 5.74) is 0.567. The molecule has 27 heavy (non-hydrogen) atoms.